The average molecular weight is 528 g/mol. The molecule has 0 radical (unpaired) electrons. The Morgan fingerprint density at radius 3 is 1.10 bits per heavy atom. The lowest BCUT2D eigenvalue weighted by Gasteiger charge is -2.04. The first-order valence-corrected chi connectivity index (χ1v) is 8.60. The van der Waals surface area contributed by atoms with E-state index in [0.717, 1.165) is 11.1 Å². The van der Waals surface area contributed by atoms with Gasteiger partial charge in [-0.1, -0.05) is 12.2 Å². The summed E-state index contributed by atoms with van der Waals surface area (Å²) in [7, 11) is 0. The molecule has 0 amide bonds. The third-order valence-electron chi connectivity index (χ3n) is 2.55. The van der Waals surface area contributed by atoms with E-state index in [-0.39, 0.29) is 11.5 Å². The van der Waals surface area contributed by atoms with E-state index in [9.17, 15) is 10.2 Å². The van der Waals surface area contributed by atoms with Crippen LogP contribution >= 0.6 is 63.7 Å². The van der Waals surface area contributed by atoms with Gasteiger partial charge in [-0.3, -0.25) is 0 Å². The molecule has 2 nitrogen and oxygen atoms in total. The van der Waals surface area contributed by atoms with E-state index >= 15 is 0 Å². The minimum atomic E-state index is 0.178. The van der Waals surface area contributed by atoms with Gasteiger partial charge in [-0.15, -0.1) is 0 Å². The molecule has 0 aromatic heterocycles. The predicted octanol–water partition coefficient (Wildman–Crippen LogP) is 6.32. The van der Waals surface area contributed by atoms with Crippen molar-refractivity contribution in [1.29, 1.82) is 0 Å². The molecule has 2 aromatic carbocycles. The van der Waals surface area contributed by atoms with E-state index in [1.165, 1.54) is 0 Å². The molecule has 0 atom stereocenters. The van der Waals surface area contributed by atoms with E-state index in [0.29, 0.717) is 17.9 Å². The quantitative estimate of drug-likeness (QED) is 0.449. The lowest BCUT2D eigenvalue weighted by atomic mass is 10.1. The maximum Gasteiger partial charge on any atom is 0.143 e. The first-order chi connectivity index (χ1) is 9.38. The van der Waals surface area contributed by atoms with E-state index in [4.69, 9.17) is 0 Å². The molecule has 0 saturated carbocycles. The van der Waals surface area contributed by atoms with E-state index in [1.807, 2.05) is 36.4 Å². The van der Waals surface area contributed by atoms with Gasteiger partial charge in [0.25, 0.3) is 0 Å². The minimum absolute atomic E-state index is 0.178. The van der Waals surface area contributed by atoms with E-state index in [1.54, 1.807) is 0 Å². The van der Waals surface area contributed by atoms with Crippen LogP contribution in [0.5, 0.6) is 11.5 Å². The Hall–Kier alpha value is -0.300. The number of hydrogen-bond donors (Lipinski definition) is 2. The second-order valence-corrected chi connectivity index (χ2v) is 7.42. The predicted molar refractivity (Wildman–Crippen MR) is 95.9 cm³/mol. The Balaban J connectivity index is 2.35. The number of phenols is 2. The van der Waals surface area contributed by atoms with Gasteiger partial charge in [-0.2, -0.15) is 0 Å². The molecule has 0 bridgehead atoms. The SMILES string of the molecule is Oc1c(Br)cc(/C=C/c2cc(Br)c(O)c(Br)c2)cc1Br. The fraction of sp³-hybridized carbons (Fsp3) is 0. The lowest BCUT2D eigenvalue weighted by molar-refractivity contribution is 0.468. The molecule has 2 rings (SSSR count). The third kappa shape index (κ3) is 3.67. The molecule has 0 heterocycles. The highest BCUT2D eigenvalue weighted by atomic mass is 79.9. The topological polar surface area (TPSA) is 40.5 Å². The molecule has 104 valence electrons. The van der Waals surface area contributed by atoms with Crippen LogP contribution in [0.3, 0.4) is 0 Å². The van der Waals surface area contributed by atoms with Gasteiger partial charge in [0, 0.05) is 0 Å². The van der Waals surface area contributed by atoms with Crippen LogP contribution < -0.4 is 0 Å². The summed E-state index contributed by atoms with van der Waals surface area (Å²) < 4.78 is 2.50. The fourth-order valence-electron chi connectivity index (χ4n) is 1.56. The Kier molecular flexibility index (Phi) is 5.34. The van der Waals surface area contributed by atoms with Crippen LogP contribution in [-0.4, -0.2) is 10.2 Å². The molecule has 20 heavy (non-hydrogen) atoms. The molecule has 0 aliphatic rings. The van der Waals surface area contributed by atoms with Gasteiger partial charge >= 0.3 is 0 Å². The summed E-state index contributed by atoms with van der Waals surface area (Å²) in [4.78, 5) is 0. The number of benzene rings is 2. The second kappa shape index (κ2) is 6.64. The Labute approximate surface area is 150 Å². The number of halogens is 4. The van der Waals surface area contributed by atoms with Crippen molar-refractivity contribution in [3.05, 3.63) is 53.3 Å². The maximum absolute atomic E-state index is 9.66. The average Bonchev–Trinajstić information content (AvgIpc) is 2.39. The lowest BCUT2D eigenvalue weighted by Crippen LogP contribution is -1.79. The summed E-state index contributed by atoms with van der Waals surface area (Å²) in [6.07, 6.45) is 3.83. The maximum atomic E-state index is 9.66. The van der Waals surface area contributed by atoms with Crippen molar-refractivity contribution in [2.45, 2.75) is 0 Å². The summed E-state index contributed by atoms with van der Waals surface area (Å²) in [5.74, 6) is 0.356. The van der Waals surface area contributed by atoms with Gasteiger partial charge in [-0.25, -0.2) is 0 Å². The van der Waals surface area contributed by atoms with Gasteiger partial charge in [-0.05, 0) is 99.1 Å². The first-order valence-electron chi connectivity index (χ1n) is 5.42. The van der Waals surface area contributed by atoms with Crippen LogP contribution in [0, 0.1) is 0 Å². The standard InChI is InChI=1S/C14H8Br4O2/c15-9-3-7(4-10(16)13(9)19)1-2-8-5-11(17)14(20)12(18)6-8/h1-6,19-20H/b2-1+. The fourth-order valence-corrected chi connectivity index (χ4v) is 4.00. The highest BCUT2D eigenvalue weighted by Gasteiger charge is 2.06. The van der Waals surface area contributed by atoms with Crippen LogP contribution in [0.25, 0.3) is 12.2 Å². The zero-order valence-corrected chi connectivity index (χ0v) is 16.2. The Bertz CT molecular complexity index is 590. The molecule has 0 aliphatic carbocycles. The van der Waals surface area contributed by atoms with Crippen LogP contribution in [0.15, 0.2) is 42.2 Å². The zero-order chi connectivity index (χ0) is 14.9. The van der Waals surface area contributed by atoms with Crippen molar-refractivity contribution < 1.29 is 10.2 Å². The summed E-state index contributed by atoms with van der Waals surface area (Å²) >= 11 is 13.2. The summed E-state index contributed by atoms with van der Waals surface area (Å²) in [5, 5.41) is 19.3. The molecule has 0 unspecified atom stereocenters. The van der Waals surface area contributed by atoms with Crippen molar-refractivity contribution in [1.82, 2.24) is 0 Å². The van der Waals surface area contributed by atoms with E-state index in [2.05, 4.69) is 63.7 Å². The smallest absolute Gasteiger partial charge is 0.143 e. The van der Waals surface area contributed by atoms with E-state index < -0.39 is 0 Å². The van der Waals surface area contributed by atoms with Crippen molar-refractivity contribution in [2.75, 3.05) is 0 Å². The summed E-state index contributed by atoms with van der Waals surface area (Å²) in [6, 6.07) is 7.28. The van der Waals surface area contributed by atoms with Gasteiger partial charge in [0.2, 0.25) is 0 Å². The van der Waals surface area contributed by atoms with Gasteiger partial charge < -0.3 is 10.2 Å². The number of phenolic OH excluding ortho intramolecular Hbond substituents is 2. The largest absolute Gasteiger partial charge is 0.506 e. The van der Waals surface area contributed by atoms with Gasteiger partial charge in [0.1, 0.15) is 11.5 Å². The molecule has 2 aromatic rings. The summed E-state index contributed by atoms with van der Waals surface area (Å²) in [5.41, 5.74) is 1.86. The zero-order valence-electron chi connectivity index (χ0n) is 9.87. The minimum Gasteiger partial charge on any atom is -0.506 e. The highest BCUT2D eigenvalue weighted by Crippen LogP contribution is 2.35. The molecular formula is C14H8Br4O2. The summed E-state index contributed by atoms with van der Waals surface area (Å²) in [6.45, 7) is 0. The van der Waals surface area contributed by atoms with Crippen molar-refractivity contribution in [2.24, 2.45) is 0 Å². The molecule has 0 spiro atoms. The molecule has 0 fully saturated rings. The van der Waals surface area contributed by atoms with Crippen molar-refractivity contribution in [3.8, 4) is 11.5 Å². The van der Waals surface area contributed by atoms with Crippen LogP contribution in [-0.2, 0) is 0 Å². The van der Waals surface area contributed by atoms with Crippen molar-refractivity contribution in [3.63, 3.8) is 0 Å². The van der Waals surface area contributed by atoms with Gasteiger partial charge in [0.15, 0.2) is 0 Å². The Morgan fingerprint density at radius 1 is 0.600 bits per heavy atom. The van der Waals surface area contributed by atoms with Crippen LogP contribution in [0.1, 0.15) is 11.1 Å². The highest BCUT2D eigenvalue weighted by molar-refractivity contribution is 9.11. The van der Waals surface area contributed by atoms with Gasteiger partial charge in [0.05, 0.1) is 17.9 Å². The monoisotopic (exact) mass is 524 g/mol. The molecule has 0 aliphatic heterocycles. The molecule has 2 N–H and O–H groups in total. The number of hydrogen-bond acceptors (Lipinski definition) is 2. The number of rotatable bonds is 2. The van der Waals surface area contributed by atoms with Crippen LogP contribution in [0.2, 0.25) is 0 Å². The van der Waals surface area contributed by atoms with Crippen molar-refractivity contribution >= 4 is 75.9 Å². The Morgan fingerprint density at radius 2 is 0.850 bits per heavy atom. The van der Waals surface area contributed by atoms with Crippen LogP contribution in [0.4, 0.5) is 0 Å². The first kappa shape index (κ1) is 16.1. The number of aromatic hydroxyl groups is 2. The third-order valence-corrected chi connectivity index (χ3v) is 4.96. The molecule has 0 saturated heterocycles. The normalized spacial score (nSPS) is 11.2. The molecule has 6 heteroatoms. The molecular weight excluding hydrogens is 520 g/mol. The second-order valence-electron chi connectivity index (χ2n) is 4.00.